The maximum atomic E-state index is 13.1. The number of nitrogens with zero attached hydrogens (tertiary/aromatic N) is 1. The number of nitrogens with one attached hydrogen (secondary N) is 1. The van der Waals surface area contributed by atoms with Gasteiger partial charge in [-0.15, -0.1) is 23.7 Å². The van der Waals surface area contributed by atoms with E-state index in [1.807, 2.05) is 13.0 Å². The van der Waals surface area contributed by atoms with Crippen LogP contribution in [0.5, 0.6) is 0 Å². The van der Waals surface area contributed by atoms with Gasteiger partial charge in [-0.1, -0.05) is 12.1 Å². The fourth-order valence-electron chi connectivity index (χ4n) is 3.92. The predicted octanol–water partition coefficient (Wildman–Crippen LogP) is 4.25. The third-order valence-electron chi connectivity index (χ3n) is 5.12. The van der Waals surface area contributed by atoms with Crippen LogP contribution >= 0.6 is 23.7 Å². The highest BCUT2D eigenvalue weighted by Gasteiger charge is 2.38. The number of rotatable bonds is 2. The Bertz CT molecular complexity index is 747. The molecule has 1 N–H and O–H groups in total. The van der Waals surface area contributed by atoms with Gasteiger partial charge < -0.3 is 10.2 Å². The predicted molar refractivity (Wildman–Crippen MR) is 102 cm³/mol. The minimum Gasteiger partial charge on any atom is -0.331 e. The summed E-state index contributed by atoms with van der Waals surface area (Å²) in [6.07, 6.45) is 3.25. The van der Waals surface area contributed by atoms with Crippen LogP contribution in [-0.2, 0) is 0 Å². The van der Waals surface area contributed by atoms with Crippen molar-refractivity contribution in [3.05, 3.63) is 46.6 Å². The van der Waals surface area contributed by atoms with Crippen LogP contribution in [0.1, 0.15) is 34.5 Å². The lowest BCUT2D eigenvalue weighted by atomic mass is 10.1. The first kappa shape index (κ1) is 18.4. The molecule has 2 fully saturated rings. The Morgan fingerprint density at radius 3 is 2.68 bits per heavy atom. The number of carbonyl (C=O) groups excluding carboxylic acids is 1. The Labute approximate surface area is 157 Å². The van der Waals surface area contributed by atoms with Crippen LogP contribution in [0, 0.1) is 12.7 Å². The smallest absolute Gasteiger partial charge is 0.264 e. The maximum Gasteiger partial charge on any atom is 0.264 e. The number of amides is 1. The first-order chi connectivity index (χ1) is 11.6. The lowest BCUT2D eigenvalue weighted by Crippen LogP contribution is -2.42. The zero-order valence-electron chi connectivity index (χ0n) is 14.1. The highest BCUT2D eigenvalue weighted by atomic mass is 35.5. The third kappa shape index (κ3) is 3.46. The van der Waals surface area contributed by atoms with Crippen LogP contribution in [-0.4, -0.2) is 36.0 Å². The Hall–Kier alpha value is -1.43. The van der Waals surface area contributed by atoms with Crippen molar-refractivity contribution in [1.29, 1.82) is 0 Å². The summed E-state index contributed by atoms with van der Waals surface area (Å²) in [7, 11) is 0. The average molecular weight is 381 g/mol. The van der Waals surface area contributed by atoms with Gasteiger partial charge in [-0.2, -0.15) is 0 Å². The van der Waals surface area contributed by atoms with Crippen molar-refractivity contribution in [2.75, 3.05) is 13.1 Å². The van der Waals surface area contributed by atoms with E-state index in [1.165, 1.54) is 23.5 Å². The van der Waals surface area contributed by atoms with Crippen molar-refractivity contribution >= 4 is 29.7 Å². The number of fused-ring (bicyclic) bond motifs is 2. The largest absolute Gasteiger partial charge is 0.331 e. The molecule has 3 nitrogen and oxygen atoms in total. The SMILES string of the molecule is Cc1cc(C(=O)N2C3CCNCC2CC3)sc1-c1ccc(F)cc1.Cl. The van der Waals surface area contributed by atoms with E-state index < -0.39 is 0 Å². The second-order valence-electron chi connectivity index (χ2n) is 6.72. The van der Waals surface area contributed by atoms with Crippen LogP contribution in [0.2, 0.25) is 0 Å². The van der Waals surface area contributed by atoms with Crippen LogP contribution < -0.4 is 5.32 Å². The van der Waals surface area contributed by atoms with Gasteiger partial charge in [0.1, 0.15) is 5.82 Å². The van der Waals surface area contributed by atoms with Crippen LogP contribution in [0.25, 0.3) is 10.4 Å². The molecule has 2 saturated heterocycles. The fraction of sp³-hybridized carbons (Fsp3) is 0.421. The molecule has 2 bridgehead atoms. The molecule has 2 aromatic rings. The number of carbonyl (C=O) groups is 1. The lowest BCUT2D eigenvalue weighted by Gasteiger charge is -2.27. The quantitative estimate of drug-likeness (QED) is 0.844. The number of hydrogen-bond donors (Lipinski definition) is 1. The molecule has 25 heavy (non-hydrogen) atoms. The molecule has 0 radical (unpaired) electrons. The van der Waals surface area contributed by atoms with Crippen molar-refractivity contribution in [2.45, 2.75) is 38.3 Å². The standard InChI is InChI=1S/C19H21FN2OS.ClH/c1-12-10-17(24-18(12)13-2-4-14(20)5-3-13)19(23)22-15-6-7-16(22)11-21-9-8-15;/h2-5,10,15-16,21H,6-9,11H2,1H3;1H. The van der Waals surface area contributed by atoms with Crippen molar-refractivity contribution in [3.8, 4) is 10.4 Å². The second kappa shape index (κ2) is 7.44. The van der Waals surface area contributed by atoms with Crippen molar-refractivity contribution in [3.63, 3.8) is 0 Å². The zero-order chi connectivity index (χ0) is 16.7. The van der Waals surface area contributed by atoms with Gasteiger partial charge in [-0.3, -0.25) is 4.79 Å². The van der Waals surface area contributed by atoms with Gasteiger partial charge in [0.05, 0.1) is 4.88 Å². The van der Waals surface area contributed by atoms with Gasteiger partial charge >= 0.3 is 0 Å². The first-order valence-corrected chi connectivity index (χ1v) is 9.35. The molecule has 2 aliphatic rings. The van der Waals surface area contributed by atoms with Gasteiger partial charge in [0.15, 0.2) is 0 Å². The molecular formula is C19H22ClFN2OS. The second-order valence-corrected chi connectivity index (χ2v) is 7.77. The van der Waals surface area contributed by atoms with Gasteiger partial charge in [0.2, 0.25) is 0 Å². The summed E-state index contributed by atoms with van der Waals surface area (Å²) in [4.78, 5) is 17.1. The highest BCUT2D eigenvalue weighted by Crippen LogP contribution is 2.36. The maximum absolute atomic E-state index is 13.1. The minimum absolute atomic E-state index is 0. The molecule has 0 saturated carbocycles. The number of thiophene rings is 1. The Kier molecular flexibility index (Phi) is 5.46. The van der Waals surface area contributed by atoms with E-state index in [-0.39, 0.29) is 24.1 Å². The minimum atomic E-state index is -0.238. The van der Waals surface area contributed by atoms with E-state index in [0.29, 0.717) is 12.1 Å². The molecule has 2 atom stereocenters. The van der Waals surface area contributed by atoms with E-state index in [9.17, 15) is 9.18 Å². The molecule has 2 aliphatic heterocycles. The summed E-state index contributed by atoms with van der Waals surface area (Å²) in [6.45, 7) is 3.91. The van der Waals surface area contributed by atoms with Gasteiger partial charge in [0, 0.05) is 23.5 Å². The van der Waals surface area contributed by atoms with E-state index in [4.69, 9.17) is 0 Å². The van der Waals surface area contributed by atoms with Crippen LogP contribution in [0.15, 0.2) is 30.3 Å². The number of aryl methyl sites for hydroxylation is 1. The molecular weight excluding hydrogens is 359 g/mol. The zero-order valence-corrected chi connectivity index (χ0v) is 15.8. The molecule has 134 valence electrons. The number of halogens is 2. The third-order valence-corrected chi connectivity index (χ3v) is 6.40. The van der Waals surface area contributed by atoms with Crippen molar-refractivity contribution in [1.82, 2.24) is 10.2 Å². The number of benzene rings is 1. The molecule has 0 spiro atoms. The lowest BCUT2D eigenvalue weighted by molar-refractivity contribution is 0.0685. The number of hydrogen-bond acceptors (Lipinski definition) is 3. The van der Waals surface area contributed by atoms with E-state index in [1.54, 1.807) is 12.1 Å². The van der Waals surface area contributed by atoms with Crippen molar-refractivity contribution in [2.24, 2.45) is 0 Å². The summed E-state index contributed by atoms with van der Waals surface area (Å²) in [5.41, 5.74) is 2.05. The van der Waals surface area contributed by atoms with Gasteiger partial charge in [-0.25, -0.2) is 4.39 Å². The summed E-state index contributed by atoms with van der Waals surface area (Å²) in [5, 5.41) is 3.44. The van der Waals surface area contributed by atoms with Crippen LogP contribution in [0.3, 0.4) is 0 Å². The highest BCUT2D eigenvalue weighted by molar-refractivity contribution is 7.17. The van der Waals surface area contributed by atoms with E-state index in [0.717, 1.165) is 53.2 Å². The normalized spacial score (nSPS) is 22.4. The fourth-order valence-corrected chi connectivity index (χ4v) is 5.04. The van der Waals surface area contributed by atoms with Crippen molar-refractivity contribution < 1.29 is 9.18 Å². The van der Waals surface area contributed by atoms with Gasteiger partial charge in [0.25, 0.3) is 5.91 Å². The molecule has 3 heterocycles. The Morgan fingerprint density at radius 2 is 1.92 bits per heavy atom. The first-order valence-electron chi connectivity index (χ1n) is 8.53. The molecule has 6 heteroatoms. The summed E-state index contributed by atoms with van der Waals surface area (Å²) in [5.74, 6) is -0.0782. The Morgan fingerprint density at radius 1 is 1.20 bits per heavy atom. The molecule has 2 unspecified atom stereocenters. The molecule has 1 aromatic carbocycles. The molecule has 1 aromatic heterocycles. The van der Waals surface area contributed by atoms with E-state index in [2.05, 4.69) is 10.2 Å². The monoisotopic (exact) mass is 380 g/mol. The topological polar surface area (TPSA) is 32.3 Å². The Balaban J connectivity index is 0.00000182. The average Bonchev–Trinajstić information content (AvgIpc) is 3.06. The van der Waals surface area contributed by atoms with Gasteiger partial charge in [-0.05, 0) is 62.1 Å². The molecule has 1 amide bonds. The van der Waals surface area contributed by atoms with Crippen LogP contribution in [0.4, 0.5) is 4.39 Å². The van der Waals surface area contributed by atoms with E-state index >= 15 is 0 Å². The summed E-state index contributed by atoms with van der Waals surface area (Å²) >= 11 is 1.52. The summed E-state index contributed by atoms with van der Waals surface area (Å²) in [6, 6.07) is 9.18. The molecule has 4 rings (SSSR count). The molecule has 0 aliphatic carbocycles. The summed E-state index contributed by atoms with van der Waals surface area (Å²) < 4.78 is 13.1.